The van der Waals surface area contributed by atoms with Crippen LogP contribution in [0.15, 0.2) is 0 Å². The van der Waals surface area contributed by atoms with Crippen molar-refractivity contribution in [3.8, 4) is 6.07 Å². The number of piperazine rings is 1. The molecule has 0 spiro atoms. The van der Waals surface area contributed by atoms with E-state index in [1.54, 1.807) is 0 Å². The Labute approximate surface area is 124 Å². The van der Waals surface area contributed by atoms with Gasteiger partial charge >= 0.3 is 5.97 Å². The van der Waals surface area contributed by atoms with Gasteiger partial charge in [-0.15, -0.1) is 0 Å². The van der Waals surface area contributed by atoms with E-state index in [1.165, 1.54) is 15.7 Å². The molecular weight excluding hydrogens is 296 g/mol. The van der Waals surface area contributed by atoms with Gasteiger partial charge in [-0.2, -0.15) is 22.3 Å². The van der Waals surface area contributed by atoms with Crippen LogP contribution in [0.25, 0.3) is 0 Å². The van der Waals surface area contributed by atoms with E-state index in [0.29, 0.717) is 25.9 Å². The lowest BCUT2D eigenvalue weighted by Gasteiger charge is -2.37. The minimum absolute atomic E-state index is 0.240. The summed E-state index contributed by atoms with van der Waals surface area (Å²) in [5.41, 5.74) is 0. The van der Waals surface area contributed by atoms with Crippen molar-refractivity contribution in [1.29, 1.82) is 5.26 Å². The lowest BCUT2D eigenvalue weighted by molar-refractivity contribution is -0.146. The van der Waals surface area contributed by atoms with E-state index in [4.69, 9.17) is 10.00 Å². The van der Waals surface area contributed by atoms with E-state index < -0.39 is 16.3 Å². The topological polar surface area (TPSA) is 103 Å². The molecule has 1 unspecified atom stereocenters. The van der Waals surface area contributed by atoms with Crippen LogP contribution in [0, 0.1) is 17.2 Å². The van der Waals surface area contributed by atoms with Crippen molar-refractivity contribution in [3.05, 3.63) is 0 Å². The van der Waals surface area contributed by atoms with Gasteiger partial charge in [0, 0.05) is 32.7 Å². The van der Waals surface area contributed by atoms with Gasteiger partial charge in [-0.3, -0.25) is 4.79 Å². The zero-order valence-corrected chi connectivity index (χ0v) is 12.8. The first-order valence-electron chi connectivity index (χ1n) is 6.95. The van der Waals surface area contributed by atoms with Crippen molar-refractivity contribution in [1.82, 2.24) is 13.9 Å². The number of esters is 1. The number of hydrogen-bond acceptors (Lipinski definition) is 6. The summed E-state index contributed by atoms with van der Waals surface area (Å²) in [6.07, 6.45) is 0.907. The Hall–Kier alpha value is -1.21. The van der Waals surface area contributed by atoms with Gasteiger partial charge in [0.05, 0.1) is 19.1 Å². The fourth-order valence-electron chi connectivity index (χ4n) is 2.71. The fraction of sp³-hybridized carbons (Fsp3) is 0.833. The SMILES string of the molecule is COC(=O)C1CCN(S(=O)(=O)N2CCNCC2C#N)CC1. The molecule has 1 N–H and O–H groups in total. The predicted molar refractivity (Wildman–Crippen MR) is 74.2 cm³/mol. The van der Waals surface area contributed by atoms with Gasteiger partial charge in [0.1, 0.15) is 6.04 Å². The molecule has 0 radical (unpaired) electrons. The average molecular weight is 316 g/mol. The molecule has 2 fully saturated rings. The largest absolute Gasteiger partial charge is 0.469 e. The Morgan fingerprint density at radius 1 is 1.33 bits per heavy atom. The van der Waals surface area contributed by atoms with Gasteiger partial charge < -0.3 is 10.1 Å². The van der Waals surface area contributed by atoms with E-state index in [1.807, 2.05) is 6.07 Å². The van der Waals surface area contributed by atoms with Crippen LogP contribution in [0.5, 0.6) is 0 Å². The molecule has 2 aliphatic rings. The first kappa shape index (κ1) is 16.2. The standard InChI is InChI=1S/C12H20N4O4S/c1-20-12(17)10-2-5-15(6-3-10)21(18,19)16-7-4-14-9-11(16)8-13/h10-11,14H,2-7,9H2,1H3. The monoisotopic (exact) mass is 316 g/mol. The maximum atomic E-state index is 12.6. The Morgan fingerprint density at radius 3 is 2.57 bits per heavy atom. The number of rotatable bonds is 3. The van der Waals surface area contributed by atoms with Crippen molar-refractivity contribution < 1.29 is 17.9 Å². The number of ether oxygens (including phenoxy) is 1. The number of nitriles is 1. The third kappa shape index (κ3) is 3.35. The summed E-state index contributed by atoms with van der Waals surface area (Å²) in [5.74, 6) is -0.527. The minimum atomic E-state index is -3.65. The van der Waals surface area contributed by atoms with Crippen LogP contribution in [0.3, 0.4) is 0 Å². The van der Waals surface area contributed by atoms with Crippen molar-refractivity contribution in [2.75, 3.05) is 39.8 Å². The summed E-state index contributed by atoms with van der Waals surface area (Å²) >= 11 is 0. The molecule has 0 saturated carbocycles. The highest BCUT2D eigenvalue weighted by Gasteiger charge is 2.39. The van der Waals surface area contributed by atoms with E-state index in [-0.39, 0.29) is 31.5 Å². The Morgan fingerprint density at radius 2 is 2.00 bits per heavy atom. The normalized spacial score (nSPS) is 26.2. The Balaban J connectivity index is 2.04. The highest BCUT2D eigenvalue weighted by molar-refractivity contribution is 7.86. The van der Waals surface area contributed by atoms with Crippen LogP contribution in [0.2, 0.25) is 0 Å². The third-order valence-corrected chi connectivity index (χ3v) is 6.00. The molecule has 2 heterocycles. The van der Waals surface area contributed by atoms with Crippen molar-refractivity contribution in [3.63, 3.8) is 0 Å². The molecule has 118 valence electrons. The second-order valence-corrected chi connectivity index (χ2v) is 7.05. The number of piperidine rings is 1. The average Bonchev–Trinajstić information content (AvgIpc) is 2.54. The van der Waals surface area contributed by atoms with Crippen LogP contribution in [-0.2, 0) is 19.7 Å². The van der Waals surface area contributed by atoms with Crippen LogP contribution < -0.4 is 5.32 Å². The molecular formula is C12H20N4O4S. The molecule has 0 aliphatic carbocycles. The lowest BCUT2D eigenvalue weighted by Crippen LogP contribution is -2.57. The van der Waals surface area contributed by atoms with Gasteiger partial charge in [0.15, 0.2) is 0 Å². The maximum absolute atomic E-state index is 12.6. The molecule has 0 amide bonds. The summed E-state index contributed by atoms with van der Waals surface area (Å²) in [7, 11) is -2.31. The molecule has 2 aliphatic heterocycles. The molecule has 21 heavy (non-hydrogen) atoms. The predicted octanol–water partition coefficient (Wildman–Crippen LogP) is -1.09. The molecule has 2 saturated heterocycles. The van der Waals surface area contributed by atoms with Crippen molar-refractivity contribution in [2.24, 2.45) is 5.92 Å². The number of nitrogens with zero attached hydrogens (tertiary/aromatic N) is 3. The highest BCUT2D eigenvalue weighted by atomic mass is 32.2. The quantitative estimate of drug-likeness (QED) is 0.664. The summed E-state index contributed by atoms with van der Waals surface area (Å²) in [4.78, 5) is 11.5. The summed E-state index contributed by atoms with van der Waals surface area (Å²) < 4.78 is 32.5. The number of carbonyl (C=O) groups is 1. The molecule has 0 aromatic heterocycles. The Kier molecular flexibility index (Phi) is 5.16. The zero-order valence-electron chi connectivity index (χ0n) is 12.0. The van der Waals surface area contributed by atoms with E-state index in [0.717, 1.165) is 0 Å². The fourth-order valence-corrected chi connectivity index (χ4v) is 4.44. The molecule has 9 heteroatoms. The summed E-state index contributed by atoms with van der Waals surface area (Å²) in [5, 5.41) is 12.1. The van der Waals surface area contributed by atoms with Crippen LogP contribution in [0.1, 0.15) is 12.8 Å². The third-order valence-electron chi connectivity index (χ3n) is 3.95. The smallest absolute Gasteiger partial charge is 0.308 e. The highest BCUT2D eigenvalue weighted by Crippen LogP contribution is 2.23. The maximum Gasteiger partial charge on any atom is 0.308 e. The Bertz CT molecular complexity index is 522. The molecule has 0 aromatic carbocycles. The number of carbonyl (C=O) groups excluding carboxylic acids is 1. The summed E-state index contributed by atoms with van der Waals surface area (Å²) in [6, 6.07) is 1.34. The van der Waals surface area contributed by atoms with Gasteiger partial charge in [-0.1, -0.05) is 0 Å². The minimum Gasteiger partial charge on any atom is -0.469 e. The van der Waals surface area contributed by atoms with E-state index >= 15 is 0 Å². The first-order valence-corrected chi connectivity index (χ1v) is 8.35. The number of hydrogen-bond donors (Lipinski definition) is 1. The molecule has 1 atom stereocenters. The first-order chi connectivity index (χ1) is 10.0. The van der Waals surface area contributed by atoms with Crippen LogP contribution in [0.4, 0.5) is 0 Å². The molecule has 0 aromatic rings. The molecule has 0 bridgehead atoms. The second-order valence-electron chi connectivity index (χ2n) is 5.16. The number of methoxy groups -OCH3 is 1. The van der Waals surface area contributed by atoms with Crippen molar-refractivity contribution >= 4 is 16.2 Å². The number of nitrogens with one attached hydrogen (secondary N) is 1. The van der Waals surface area contributed by atoms with Crippen molar-refractivity contribution in [2.45, 2.75) is 18.9 Å². The lowest BCUT2D eigenvalue weighted by atomic mass is 9.99. The zero-order chi connectivity index (χ0) is 15.5. The van der Waals surface area contributed by atoms with Crippen LogP contribution in [-0.4, -0.2) is 68.9 Å². The van der Waals surface area contributed by atoms with E-state index in [2.05, 4.69) is 5.32 Å². The van der Waals surface area contributed by atoms with Gasteiger partial charge in [0.25, 0.3) is 10.2 Å². The molecule has 8 nitrogen and oxygen atoms in total. The second kappa shape index (κ2) is 6.70. The molecule has 2 rings (SSSR count). The van der Waals surface area contributed by atoms with E-state index in [9.17, 15) is 13.2 Å². The van der Waals surface area contributed by atoms with Gasteiger partial charge in [0.2, 0.25) is 0 Å². The van der Waals surface area contributed by atoms with Gasteiger partial charge in [-0.25, -0.2) is 0 Å². The van der Waals surface area contributed by atoms with Gasteiger partial charge in [-0.05, 0) is 12.8 Å². The van der Waals surface area contributed by atoms with Crippen LogP contribution >= 0.6 is 0 Å². The summed E-state index contributed by atoms with van der Waals surface area (Å²) in [6.45, 7) is 1.73.